The van der Waals surface area contributed by atoms with Gasteiger partial charge >= 0.3 is 0 Å². The molecule has 0 atom stereocenters. The number of thioether (sulfide) groups is 1. The minimum absolute atomic E-state index is 0.00395. The van der Waals surface area contributed by atoms with E-state index in [-0.39, 0.29) is 10.8 Å². The number of anilines is 2. The van der Waals surface area contributed by atoms with Crippen molar-refractivity contribution in [3.8, 4) is 10.4 Å². The van der Waals surface area contributed by atoms with E-state index in [1.165, 1.54) is 97.4 Å². The van der Waals surface area contributed by atoms with Crippen LogP contribution in [0.4, 0.5) is 11.4 Å². The van der Waals surface area contributed by atoms with Gasteiger partial charge in [-0.3, -0.25) is 0 Å². The molecule has 0 unspecified atom stereocenters. The lowest BCUT2D eigenvalue weighted by atomic mass is 9.76. The number of fused-ring (bicyclic) bond motifs is 2. The Balaban J connectivity index is 1.34. The fourth-order valence-electron chi connectivity index (χ4n) is 8.37. The predicted molar refractivity (Wildman–Crippen MR) is 277 cm³/mol. The molecule has 4 heteroatoms. The zero-order valence-corrected chi connectivity index (χ0v) is 39.9. The Kier molecular flexibility index (Phi) is 12.4. The van der Waals surface area contributed by atoms with Crippen LogP contribution in [0.5, 0.6) is 0 Å². The summed E-state index contributed by atoms with van der Waals surface area (Å²) in [4.78, 5) is 8.24. The van der Waals surface area contributed by atoms with E-state index in [1.54, 1.807) is 0 Å². The van der Waals surface area contributed by atoms with Crippen molar-refractivity contribution in [3.63, 3.8) is 0 Å². The summed E-state index contributed by atoms with van der Waals surface area (Å²) in [5, 5.41) is 1.28. The fraction of sp³-hybridized carbons (Fsp3) is 0.259. The molecule has 62 heavy (non-hydrogen) atoms. The zero-order valence-electron chi connectivity index (χ0n) is 38.3. The lowest BCUT2D eigenvalue weighted by molar-refractivity contribution is 0.568. The SMILES string of the molecule is CN(C)c1ccc2c(c1)SC(c1ccccc1)=C/C2=C\C=C1/CCCC(/C=C/c2cc(-c3ccccc3)[s+]c3cc(N(C)C)ccc23)=C1c1cc(C(C)(C)C)cc(C(C)(C)C)c1. The maximum atomic E-state index is 2.49. The van der Waals surface area contributed by atoms with E-state index in [2.05, 4.69) is 231 Å². The summed E-state index contributed by atoms with van der Waals surface area (Å²) in [5.74, 6) is 0. The molecule has 0 fully saturated rings. The van der Waals surface area contributed by atoms with Crippen molar-refractivity contribution in [2.24, 2.45) is 0 Å². The number of rotatable bonds is 8. The van der Waals surface area contributed by atoms with E-state index < -0.39 is 0 Å². The Morgan fingerprint density at radius 1 is 0.597 bits per heavy atom. The van der Waals surface area contributed by atoms with E-state index in [0.29, 0.717) is 0 Å². The lowest BCUT2D eigenvalue weighted by Crippen LogP contribution is -2.17. The normalized spacial score (nSPS) is 16.0. The zero-order chi connectivity index (χ0) is 43.8. The van der Waals surface area contributed by atoms with Crippen LogP contribution in [0.25, 0.3) is 42.7 Å². The van der Waals surface area contributed by atoms with Crippen molar-refractivity contribution >= 4 is 66.7 Å². The van der Waals surface area contributed by atoms with Gasteiger partial charge in [0.1, 0.15) is 0 Å². The van der Waals surface area contributed by atoms with Crippen LogP contribution in [0.3, 0.4) is 0 Å². The molecule has 6 aromatic rings. The Labute approximate surface area is 379 Å². The Morgan fingerprint density at radius 2 is 1.23 bits per heavy atom. The van der Waals surface area contributed by atoms with E-state index in [4.69, 9.17) is 0 Å². The molecular formula is C58H61N2S2+. The van der Waals surface area contributed by atoms with Crippen molar-refractivity contribution in [2.75, 3.05) is 38.0 Å². The summed E-state index contributed by atoms with van der Waals surface area (Å²) in [7, 11) is 8.49. The minimum Gasteiger partial charge on any atom is -0.378 e. The van der Waals surface area contributed by atoms with Gasteiger partial charge in [-0.05, 0) is 128 Å². The van der Waals surface area contributed by atoms with Gasteiger partial charge in [0.25, 0.3) is 0 Å². The first-order valence-corrected chi connectivity index (χ1v) is 23.6. The first-order chi connectivity index (χ1) is 29.6. The largest absolute Gasteiger partial charge is 0.378 e. The van der Waals surface area contributed by atoms with Crippen molar-refractivity contribution < 1.29 is 0 Å². The molecule has 2 nitrogen and oxygen atoms in total. The van der Waals surface area contributed by atoms with E-state index in [9.17, 15) is 0 Å². The van der Waals surface area contributed by atoms with Crippen LogP contribution in [0, 0.1) is 0 Å². The predicted octanol–water partition coefficient (Wildman–Crippen LogP) is 16.4. The average molecular weight is 850 g/mol. The van der Waals surface area contributed by atoms with Gasteiger partial charge in [-0.25, -0.2) is 0 Å². The van der Waals surface area contributed by atoms with Gasteiger partial charge in [0.05, 0.1) is 0 Å². The van der Waals surface area contributed by atoms with Crippen molar-refractivity contribution in [2.45, 2.75) is 76.5 Å². The number of hydrogen-bond acceptors (Lipinski definition) is 3. The summed E-state index contributed by atoms with van der Waals surface area (Å²) < 4.78 is 1.29. The Morgan fingerprint density at radius 3 is 1.87 bits per heavy atom. The Hall–Kier alpha value is -5.42. The molecule has 0 radical (unpaired) electrons. The first-order valence-electron chi connectivity index (χ1n) is 22.0. The van der Waals surface area contributed by atoms with E-state index >= 15 is 0 Å². The first kappa shape index (κ1) is 43.2. The van der Waals surface area contributed by atoms with Gasteiger partial charge in [0.2, 0.25) is 20.9 Å². The molecule has 1 aliphatic heterocycles. The molecule has 1 aliphatic carbocycles. The number of nitrogens with zero attached hydrogens (tertiary/aromatic N) is 2. The maximum absolute atomic E-state index is 2.49. The third-order valence-corrected chi connectivity index (χ3v) is 14.4. The average Bonchev–Trinajstić information content (AvgIpc) is 3.26. The number of allylic oxidation sites excluding steroid dienone is 8. The van der Waals surface area contributed by atoms with Crippen LogP contribution < -0.4 is 9.80 Å². The smallest absolute Gasteiger partial charge is 0.241 e. The summed E-state index contributed by atoms with van der Waals surface area (Å²) in [5.41, 5.74) is 17.0. The summed E-state index contributed by atoms with van der Waals surface area (Å²) in [6.45, 7) is 14.1. The molecule has 0 amide bonds. The van der Waals surface area contributed by atoms with Crippen LogP contribution in [0.1, 0.15) is 94.2 Å². The molecule has 2 heterocycles. The van der Waals surface area contributed by atoms with E-state index in [1.807, 2.05) is 23.1 Å². The maximum Gasteiger partial charge on any atom is 0.241 e. The molecule has 5 aromatic carbocycles. The van der Waals surface area contributed by atoms with Crippen LogP contribution in [-0.2, 0) is 10.8 Å². The second-order valence-corrected chi connectivity index (χ2v) is 21.4. The number of hydrogen-bond donors (Lipinski definition) is 0. The third kappa shape index (κ3) is 9.48. The molecule has 314 valence electrons. The monoisotopic (exact) mass is 849 g/mol. The highest BCUT2D eigenvalue weighted by Crippen LogP contribution is 2.47. The molecule has 0 N–H and O–H groups in total. The quantitative estimate of drug-likeness (QED) is 0.141. The summed E-state index contributed by atoms with van der Waals surface area (Å²) in [6, 6.07) is 45.3. The van der Waals surface area contributed by atoms with Crippen LogP contribution in [0.15, 0.2) is 162 Å². The second kappa shape index (κ2) is 17.8. The van der Waals surface area contributed by atoms with Crippen LogP contribution in [-0.4, -0.2) is 28.2 Å². The molecule has 8 rings (SSSR count). The molecule has 2 aliphatic rings. The fourth-order valence-corrected chi connectivity index (χ4v) is 10.7. The van der Waals surface area contributed by atoms with Gasteiger partial charge < -0.3 is 9.80 Å². The van der Waals surface area contributed by atoms with Gasteiger partial charge in [0.15, 0.2) is 0 Å². The minimum atomic E-state index is 0.00395. The second-order valence-electron chi connectivity index (χ2n) is 19.3. The molecule has 0 bridgehead atoms. The van der Waals surface area contributed by atoms with Gasteiger partial charge in [-0.15, -0.1) is 0 Å². The summed E-state index contributed by atoms with van der Waals surface area (Å²) in [6.07, 6.45) is 15.3. The molecule has 0 saturated carbocycles. The lowest BCUT2D eigenvalue weighted by Gasteiger charge is -2.29. The van der Waals surface area contributed by atoms with Crippen molar-refractivity contribution in [1.82, 2.24) is 0 Å². The molecular weight excluding hydrogens is 789 g/mol. The standard InChI is InChI=1S/C58H61N2S2/c1-57(2,3)46-32-45(33-47(36-46)58(4,5)6)56-41(24-26-43-34-52(39-18-13-11-14-19-39)61-54-37-48(59(7)8)28-30-50(43)54)22-17-23-42(56)25-27-44-35-53(40-20-15-12-16-21-40)62-55-38-49(60(9)10)29-31-51(44)55/h11-16,18-21,24-38H,17,22-23H2,1-10H3/q+1. The third-order valence-electron chi connectivity index (χ3n) is 12.1. The molecule has 0 spiro atoms. The van der Waals surface area contributed by atoms with Gasteiger partial charge in [-0.1, -0.05) is 150 Å². The highest BCUT2D eigenvalue weighted by atomic mass is 32.2. The van der Waals surface area contributed by atoms with Gasteiger partial charge in [0, 0.05) is 72.4 Å². The van der Waals surface area contributed by atoms with Crippen molar-refractivity contribution in [1.29, 1.82) is 0 Å². The van der Waals surface area contributed by atoms with Crippen LogP contribution in [0.2, 0.25) is 0 Å². The van der Waals surface area contributed by atoms with Gasteiger partial charge in [-0.2, -0.15) is 0 Å². The number of benzene rings is 5. The van der Waals surface area contributed by atoms with Crippen LogP contribution >= 0.6 is 23.1 Å². The molecule has 0 saturated heterocycles. The van der Waals surface area contributed by atoms with Crippen molar-refractivity contribution in [3.05, 3.63) is 190 Å². The topological polar surface area (TPSA) is 6.48 Å². The van der Waals surface area contributed by atoms with E-state index in [0.717, 1.165) is 19.3 Å². The highest BCUT2D eigenvalue weighted by Gasteiger charge is 2.26. The molecule has 1 aromatic heterocycles. The Bertz CT molecular complexity index is 2750. The highest BCUT2D eigenvalue weighted by molar-refractivity contribution is 8.08. The summed E-state index contributed by atoms with van der Waals surface area (Å²) >= 11 is 3.74.